The van der Waals surface area contributed by atoms with Gasteiger partial charge in [-0.05, 0) is 38.0 Å². The minimum atomic E-state index is -0.892. The van der Waals surface area contributed by atoms with Crippen LogP contribution in [0.25, 0.3) is 0 Å². The normalized spacial score (nSPS) is 17.4. The van der Waals surface area contributed by atoms with Gasteiger partial charge in [0.15, 0.2) is 6.39 Å². The Labute approximate surface area is 171 Å². The summed E-state index contributed by atoms with van der Waals surface area (Å²) in [6.45, 7) is 3.66. The fourth-order valence-electron chi connectivity index (χ4n) is 3.08. The van der Waals surface area contributed by atoms with Gasteiger partial charge in [0.2, 0.25) is 17.7 Å². The Kier molecular flexibility index (Phi) is 5.76. The number of piperidine rings is 1. The van der Waals surface area contributed by atoms with E-state index in [1.165, 1.54) is 12.6 Å². The summed E-state index contributed by atoms with van der Waals surface area (Å²) in [5.41, 5.74) is 0.287. The average Bonchev–Trinajstić information content (AvgIpc) is 3.16. The quantitative estimate of drug-likeness (QED) is 0.719. The van der Waals surface area contributed by atoms with Crippen molar-refractivity contribution in [1.82, 2.24) is 15.6 Å². The van der Waals surface area contributed by atoms with Crippen molar-refractivity contribution in [1.29, 1.82) is 0 Å². The van der Waals surface area contributed by atoms with E-state index in [9.17, 15) is 14.4 Å². The molecule has 2 aromatic rings. The molecule has 3 rings (SSSR count). The van der Waals surface area contributed by atoms with Crippen LogP contribution < -0.4 is 10.6 Å². The number of oxazole rings is 1. The third kappa shape index (κ3) is 4.05. The van der Waals surface area contributed by atoms with Crippen LogP contribution in [0.3, 0.4) is 0 Å². The molecule has 1 unspecified atom stereocenters. The largest absolute Gasteiger partial charge is 0.447 e. The highest BCUT2D eigenvalue weighted by Gasteiger charge is 2.33. The van der Waals surface area contributed by atoms with Crippen LogP contribution in [-0.2, 0) is 26.3 Å². The number of aromatic nitrogens is 1. The summed E-state index contributed by atoms with van der Waals surface area (Å²) in [6.07, 6.45) is 3.36. The highest BCUT2D eigenvalue weighted by Crippen LogP contribution is 2.37. The van der Waals surface area contributed by atoms with Gasteiger partial charge in [0, 0.05) is 28.6 Å². The number of carbonyl (C=O) groups is 3. The molecule has 28 heavy (non-hydrogen) atoms. The van der Waals surface area contributed by atoms with E-state index < -0.39 is 17.2 Å². The van der Waals surface area contributed by atoms with Crippen LogP contribution in [0.5, 0.6) is 0 Å². The third-order valence-corrected chi connectivity index (χ3v) is 5.42. The summed E-state index contributed by atoms with van der Waals surface area (Å²) >= 11 is 12.7. The molecule has 2 N–H and O–H groups in total. The fraction of sp³-hybridized carbons (Fsp3) is 0.368. The summed E-state index contributed by atoms with van der Waals surface area (Å²) in [4.78, 5) is 39.8. The second kappa shape index (κ2) is 7.93. The van der Waals surface area contributed by atoms with Gasteiger partial charge in [-0.2, -0.15) is 0 Å². The number of carbonyl (C=O) groups excluding carboxylic acids is 3. The molecule has 1 aliphatic heterocycles. The zero-order valence-electron chi connectivity index (χ0n) is 15.3. The van der Waals surface area contributed by atoms with Gasteiger partial charge < -0.3 is 9.73 Å². The Hall–Kier alpha value is -2.38. The highest BCUT2D eigenvalue weighted by molar-refractivity contribution is 6.36. The number of nitrogens with one attached hydrogen (secondary N) is 2. The Morgan fingerprint density at radius 3 is 2.57 bits per heavy atom. The Morgan fingerprint density at radius 1 is 1.32 bits per heavy atom. The maximum absolute atomic E-state index is 12.5. The molecule has 3 amide bonds. The number of benzene rings is 1. The number of hydrogen-bond acceptors (Lipinski definition) is 5. The summed E-state index contributed by atoms with van der Waals surface area (Å²) in [5, 5.41) is 5.77. The van der Waals surface area contributed by atoms with Crippen LogP contribution in [0.2, 0.25) is 10.0 Å². The summed E-state index contributed by atoms with van der Waals surface area (Å²) in [7, 11) is 0. The molecule has 9 heteroatoms. The average molecular weight is 424 g/mol. The van der Waals surface area contributed by atoms with Gasteiger partial charge in [-0.15, -0.1) is 0 Å². The van der Waals surface area contributed by atoms with Crippen LogP contribution >= 0.6 is 23.2 Å². The molecule has 1 saturated heterocycles. The molecule has 2 heterocycles. The predicted octanol–water partition coefficient (Wildman–Crippen LogP) is 3.10. The SMILES string of the molecule is CC(C)(C(=O)NCc1cc(Cl)c(C2CCC(=O)NC2=O)c(Cl)c1)c1cnco1. The minimum Gasteiger partial charge on any atom is -0.447 e. The Morgan fingerprint density at radius 2 is 2.00 bits per heavy atom. The first-order valence-corrected chi connectivity index (χ1v) is 9.44. The fourth-order valence-corrected chi connectivity index (χ4v) is 3.88. The van der Waals surface area contributed by atoms with Gasteiger partial charge in [-0.1, -0.05) is 23.2 Å². The number of halogens is 2. The zero-order valence-corrected chi connectivity index (χ0v) is 16.9. The lowest BCUT2D eigenvalue weighted by Gasteiger charge is -2.24. The first-order chi connectivity index (χ1) is 13.2. The van der Waals surface area contributed by atoms with Gasteiger partial charge in [0.1, 0.15) is 11.2 Å². The molecule has 1 fully saturated rings. The van der Waals surface area contributed by atoms with E-state index in [2.05, 4.69) is 15.6 Å². The van der Waals surface area contributed by atoms with Crippen molar-refractivity contribution >= 4 is 40.9 Å². The molecule has 0 aliphatic carbocycles. The van der Waals surface area contributed by atoms with E-state index in [1.54, 1.807) is 26.0 Å². The van der Waals surface area contributed by atoms with Crippen LogP contribution in [0.15, 0.2) is 29.1 Å². The molecule has 1 aliphatic rings. The van der Waals surface area contributed by atoms with E-state index in [1.807, 2.05) is 0 Å². The smallest absolute Gasteiger partial charge is 0.234 e. The Balaban J connectivity index is 1.73. The lowest BCUT2D eigenvalue weighted by atomic mass is 9.89. The second-order valence-electron chi connectivity index (χ2n) is 7.15. The highest BCUT2D eigenvalue weighted by atomic mass is 35.5. The van der Waals surface area contributed by atoms with Crippen LogP contribution in [0.1, 0.15) is 49.5 Å². The molecule has 0 spiro atoms. The van der Waals surface area contributed by atoms with Gasteiger partial charge in [-0.25, -0.2) is 4.98 Å². The first kappa shape index (κ1) is 20.4. The van der Waals surface area contributed by atoms with Crippen molar-refractivity contribution in [3.8, 4) is 0 Å². The molecule has 1 atom stereocenters. The Bertz CT molecular complexity index is 902. The first-order valence-electron chi connectivity index (χ1n) is 8.69. The summed E-state index contributed by atoms with van der Waals surface area (Å²) in [5.74, 6) is -1.08. The summed E-state index contributed by atoms with van der Waals surface area (Å²) in [6, 6.07) is 3.32. The predicted molar refractivity (Wildman–Crippen MR) is 103 cm³/mol. The number of amides is 3. The van der Waals surface area contributed by atoms with E-state index in [0.29, 0.717) is 33.4 Å². The molecule has 0 saturated carbocycles. The lowest BCUT2D eigenvalue weighted by Crippen LogP contribution is -2.40. The molecule has 0 radical (unpaired) electrons. The molecule has 0 bridgehead atoms. The maximum Gasteiger partial charge on any atom is 0.234 e. The van der Waals surface area contributed by atoms with E-state index >= 15 is 0 Å². The van der Waals surface area contributed by atoms with Gasteiger partial charge in [0.25, 0.3) is 0 Å². The van der Waals surface area contributed by atoms with Gasteiger partial charge >= 0.3 is 0 Å². The van der Waals surface area contributed by atoms with Gasteiger partial charge in [0.05, 0.1) is 12.1 Å². The zero-order chi connectivity index (χ0) is 20.5. The molecular formula is C19H19Cl2N3O4. The topological polar surface area (TPSA) is 101 Å². The number of nitrogens with zero attached hydrogens (tertiary/aromatic N) is 1. The van der Waals surface area contributed by atoms with Crippen molar-refractivity contribution in [2.75, 3.05) is 0 Å². The van der Waals surface area contributed by atoms with Crippen molar-refractivity contribution in [2.24, 2.45) is 0 Å². The minimum absolute atomic E-state index is 0.200. The summed E-state index contributed by atoms with van der Waals surface area (Å²) < 4.78 is 5.23. The maximum atomic E-state index is 12.5. The standard InChI is InChI=1S/C19H19Cl2N3O4/c1-19(2,14-8-22-9-28-14)18(27)23-7-10-5-12(20)16(13(21)6-10)11-3-4-15(25)24-17(11)26/h5-6,8-9,11H,3-4,7H2,1-2H3,(H,23,27)(H,24,25,26). The molecule has 1 aromatic heterocycles. The van der Waals surface area contributed by atoms with Crippen molar-refractivity contribution < 1.29 is 18.8 Å². The second-order valence-corrected chi connectivity index (χ2v) is 7.96. The van der Waals surface area contributed by atoms with Gasteiger partial charge in [-0.3, -0.25) is 19.7 Å². The monoisotopic (exact) mass is 423 g/mol. The van der Waals surface area contributed by atoms with E-state index in [4.69, 9.17) is 27.6 Å². The molecule has 148 valence electrons. The third-order valence-electron chi connectivity index (χ3n) is 4.80. The van der Waals surface area contributed by atoms with Crippen LogP contribution in [0.4, 0.5) is 0 Å². The van der Waals surface area contributed by atoms with Crippen molar-refractivity contribution in [2.45, 2.75) is 44.6 Å². The van der Waals surface area contributed by atoms with Crippen molar-refractivity contribution in [3.05, 3.63) is 51.7 Å². The lowest BCUT2D eigenvalue weighted by molar-refractivity contribution is -0.134. The van der Waals surface area contributed by atoms with Crippen molar-refractivity contribution in [3.63, 3.8) is 0 Å². The molecular weight excluding hydrogens is 405 g/mol. The number of hydrogen-bond donors (Lipinski definition) is 2. The van der Waals surface area contributed by atoms with E-state index in [0.717, 1.165) is 0 Å². The number of rotatable bonds is 5. The van der Waals surface area contributed by atoms with Crippen LogP contribution in [0, 0.1) is 0 Å². The number of imide groups is 1. The van der Waals surface area contributed by atoms with E-state index in [-0.39, 0.29) is 24.8 Å². The molecule has 7 nitrogen and oxygen atoms in total. The van der Waals surface area contributed by atoms with Crippen LogP contribution in [-0.4, -0.2) is 22.7 Å². The molecule has 1 aromatic carbocycles.